The van der Waals surface area contributed by atoms with E-state index in [1.165, 1.54) is 77.7 Å². The van der Waals surface area contributed by atoms with Crippen molar-refractivity contribution in [3.8, 4) is 0 Å². The highest BCUT2D eigenvalue weighted by Crippen LogP contribution is 2.22. The van der Waals surface area contributed by atoms with Gasteiger partial charge in [-0.1, -0.05) is 47.0 Å². The van der Waals surface area contributed by atoms with E-state index < -0.39 is 0 Å². The van der Waals surface area contributed by atoms with Gasteiger partial charge in [-0.3, -0.25) is 0 Å². The molecule has 0 unspecified atom stereocenters. The molecule has 1 aliphatic rings. The molecule has 1 saturated carbocycles. The number of hydrogen-bond acceptors (Lipinski definition) is 2. The number of rotatable bonds is 11. The summed E-state index contributed by atoms with van der Waals surface area (Å²) in [6.45, 7) is 15.5. The molecule has 1 rings (SSSR count). The smallest absolute Gasteiger partial charge is 0.0107 e. The Bertz CT molecular complexity index is 220. The highest BCUT2D eigenvalue weighted by atomic mass is 15.1. The van der Waals surface area contributed by atoms with Crippen molar-refractivity contribution in [2.24, 2.45) is 17.8 Å². The van der Waals surface area contributed by atoms with Gasteiger partial charge in [-0.25, -0.2) is 0 Å². The van der Waals surface area contributed by atoms with Gasteiger partial charge in [0.2, 0.25) is 0 Å². The van der Waals surface area contributed by atoms with Gasteiger partial charge >= 0.3 is 0 Å². The third-order valence-corrected chi connectivity index (χ3v) is 4.81. The highest BCUT2D eigenvalue weighted by molar-refractivity contribution is 4.69. The summed E-state index contributed by atoms with van der Waals surface area (Å²) in [4.78, 5) is 2.67. The van der Waals surface area contributed by atoms with Crippen LogP contribution in [0.25, 0.3) is 0 Å². The molecular formula is C19H40N2. The second kappa shape index (κ2) is 11.5. The maximum absolute atomic E-state index is 3.72. The van der Waals surface area contributed by atoms with E-state index >= 15 is 0 Å². The first-order valence-electron chi connectivity index (χ1n) is 9.51. The van der Waals surface area contributed by atoms with E-state index in [9.17, 15) is 0 Å². The summed E-state index contributed by atoms with van der Waals surface area (Å²) in [5.74, 6) is 2.60. The molecule has 0 radical (unpaired) electrons. The number of hydrogen-bond donors (Lipinski definition) is 1. The Kier molecular flexibility index (Phi) is 10.4. The molecule has 126 valence electrons. The van der Waals surface area contributed by atoms with E-state index in [1.54, 1.807) is 0 Å². The Balaban J connectivity index is 2.14. The summed E-state index contributed by atoms with van der Waals surface area (Å²) >= 11 is 0. The standard InChI is InChI=1S/C19H40N2/c1-17(2)10-13-21(14-11-18(3)4)15-12-20-16-19-8-6-5-7-9-19/h17-20H,5-16H2,1-4H3. The van der Waals surface area contributed by atoms with Crippen molar-refractivity contribution in [3.05, 3.63) is 0 Å². The average molecular weight is 297 g/mol. The van der Waals surface area contributed by atoms with E-state index in [2.05, 4.69) is 37.9 Å². The summed E-state index contributed by atoms with van der Waals surface area (Å²) < 4.78 is 0. The number of nitrogens with one attached hydrogen (secondary N) is 1. The van der Waals surface area contributed by atoms with Crippen molar-refractivity contribution in [3.63, 3.8) is 0 Å². The van der Waals surface area contributed by atoms with E-state index in [1.807, 2.05) is 0 Å². The molecule has 0 aromatic carbocycles. The van der Waals surface area contributed by atoms with Crippen LogP contribution in [-0.4, -0.2) is 37.6 Å². The summed E-state index contributed by atoms with van der Waals surface area (Å²) in [6.07, 6.45) is 9.97. The fourth-order valence-corrected chi connectivity index (χ4v) is 3.15. The minimum atomic E-state index is 0.821. The van der Waals surface area contributed by atoms with Gasteiger partial charge in [-0.2, -0.15) is 0 Å². The van der Waals surface area contributed by atoms with Gasteiger partial charge in [0.25, 0.3) is 0 Å². The van der Waals surface area contributed by atoms with Crippen molar-refractivity contribution >= 4 is 0 Å². The van der Waals surface area contributed by atoms with Crippen LogP contribution in [0, 0.1) is 17.8 Å². The van der Waals surface area contributed by atoms with Crippen LogP contribution in [0.4, 0.5) is 0 Å². The second-order valence-electron chi connectivity index (χ2n) is 7.91. The minimum absolute atomic E-state index is 0.821. The lowest BCUT2D eigenvalue weighted by Crippen LogP contribution is -2.36. The zero-order valence-electron chi connectivity index (χ0n) is 15.2. The fraction of sp³-hybridized carbons (Fsp3) is 1.00. The molecule has 0 aromatic heterocycles. The van der Waals surface area contributed by atoms with E-state index in [0.29, 0.717) is 0 Å². The first kappa shape index (κ1) is 19.0. The van der Waals surface area contributed by atoms with Gasteiger partial charge in [0.05, 0.1) is 0 Å². The third-order valence-electron chi connectivity index (χ3n) is 4.81. The molecule has 2 nitrogen and oxygen atoms in total. The first-order valence-corrected chi connectivity index (χ1v) is 9.51. The lowest BCUT2D eigenvalue weighted by atomic mass is 9.89. The topological polar surface area (TPSA) is 15.3 Å². The largest absolute Gasteiger partial charge is 0.315 e. The van der Waals surface area contributed by atoms with E-state index in [0.717, 1.165) is 17.8 Å². The molecule has 0 atom stereocenters. The van der Waals surface area contributed by atoms with Crippen LogP contribution >= 0.6 is 0 Å². The summed E-state index contributed by atoms with van der Waals surface area (Å²) in [7, 11) is 0. The molecule has 2 heteroatoms. The van der Waals surface area contributed by atoms with Crippen LogP contribution in [0.3, 0.4) is 0 Å². The molecule has 0 spiro atoms. The van der Waals surface area contributed by atoms with Gasteiger partial charge in [-0.15, -0.1) is 0 Å². The van der Waals surface area contributed by atoms with Gasteiger partial charge in [0.1, 0.15) is 0 Å². The lowest BCUT2D eigenvalue weighted by molar-refractivity contribution is 0.239. The number of nitrogens with zero attached hydrogens (tertiary/aromatic N) is 1. The molecule has 0 bridgehead atoms. The molecule has 0 amide bonds. The first-order chi connectivity index (χ1) is 10.1. The lowest BCUT2D eigenvalue weighted by Gasteiger charge is -2.26. The van der Waals surface area contributed by atoms with Crippen molar-refractivity contribution < 1.29 is 0 Å². The monoisotopic (exact) mass is 296 g/mol. The van der Waals surface area contributed by atoms with Gasteiger partial charge in [0, 0.05) is 13.1 Å². The predicted octanol–water partition coefficient (Wildman–Crippen LogP) is 4.55. The fourth-order valence-electron chi connectivity index (χ4n) is 3.15. The molecule has 0 saturated heterocycles. The summed E-state index contributed by atoms with van der Waals surface area (Å²) in [5, 5.41) is 3.72. The Hall–Kier alpha value is -0.0800. The quantitative estimate of drug-likeness (QED) is 0.563. The van der Waals surface area contributed by atoms with Gasteiger partial charge in [-0.05, 0) is 63.1 Å². The zero-order chi connectivity index (χ0) is 15.5. The van der Waals surface area contributed by atoms with Crippen LogP contribution < -0.4 is 5.32 Å². The van der Waals surface area contributed by atoms with E-state index in [4.69, 9.17) is 0 Å². The average Bonchev–Trinajstić information content (AvgIpc) is 2.46. The van der Waals surface area contributed by atoms with E-state index in [-0.39, 0.29) is 0 Å². The Morgan fingerprint density at radius 2 is 1.43 bits per heavy atom. The van der Waals surface area contributed by atoms with Crippen LogP contribution in [0.1, 0.15) is 72.6 Å². The van der Waals surface area contributed by atoms with Crippen LogP contribution in [0.5, 0.6) is 0 Å². The third kappa shape index (κ3) is 10.3. The van der Waals surface area contributed by atoms with Gasteiger partial charge < -0.3 is 10.2 Å². The van der Waals surface area contributed by atoms with Crippen LogP contribution in [0.2, 0.25) is 0 Å². The van der Waals surface area contributed by atoms with Crippen molar-refractivity contribution in [2.45, 2.75) is 72.6 Å². The highest BCUT2D eigenvalue weighted by Gasteiger charge is 2.13. The van der Waals surface area contributed by atoms with Crippen molar-refractivity contribution in [1.82, 2.24) is 10.2 Å². The molecule has 0 aliphatic heterocycles. The predicted molar refractivity (Wildman–Crippen MR) is 94.8 cm³/mol. The molecule has 21 heavy (non-hydrogen) atoms. The molecule has 0 aromatic rings. The van der Waals surface area contributed by atoms with Crippen LogP contribution in [0.15, 0.2) is 0 Å². The zero-order valence-corrected chi connectivity index (χ0v) is 15.2. The Morgan fingerprint density at radius 1 is 0.857 bits per heavy atom. The minimum Gasteiger partial charge on any atom is -0.315 e. The molecule has 0 heterocycles. The molecule has 1 aliphatic carbocycles. The molecular weight excluding hydrogens is 256 g/mol. The normalized spacial score (nSPS) is 17.3. The Labute approximate surface area is 134 Å². The van der Waals surface area contributed by atoms with Gasteiger partial charge in [0.15, 0.2) is 0 Å². The maximum atomic E-state index is 3.72. The Morgan fingerprint density at radius 3 is 1.95 bits per heavy atom. The van der Waals surface area contributed by atoms with Crippen LogP contribution in [-0.2, 0) is 0 Å². The molecule has 1 N–H and O–H groups in total. The van der Waals surface area contributed by atoms with Crippen molar-refractivity contribution in [2.75, 3.05) is 32.7 Å². The summed E-state index contributed by atoms with van der Waals surface area (Å²) in [5.41, 5.74) is 0. The van der Waals surface area contributed by atoms with Crippen molar-refractivity contribution in [1.29, 1.82) is 0 Å². The SMILES string of the molecule is CC(C)CCN(CCNCC1CCCCC1)CCC(C)C. The second-order valence-corrected chi connectivity index (χ2v) is 7.91. The maximum Gasteiger partial charge on any atom is 0.0107 e. The molecule has 1 fully saturated rings. The summed E-state index contributed by atoms with van der Waals surface area (Å²) in [6, 6.07) is 0.